The number of benzene rings is 2. The molecule has 0 atom stereocenters. The molecular formula is C22H19N3OS. The van der Waals surface area contributed by atoms with Crippen LogP contribution in [0.25, 0.3) is 27.3 Å². The lowest BCUT2D eigenvalue weighted by Gasteiger charge is -2.21. The number of imidazole rings is 1. The molecule has 5 heteroatoms. The first kappa shape index (κ1) is 16.4. The predicted octanol–water partition coefficient (Wildman–Crippen LogP) is 4.53. The Bertz CT molecular complexity index is 1130. The van der Waals surface area contributed by atoms with E-state index < -0.39 is 0 Å². The quantitative estimate of drug-likeness (QED) is 0.495. The van der Waals surface area contributed by atoms with Gasteiger partial charge in [-0.3, -0.25) is 9.20 Å². The van der Waals surface area contributed by atoms with Crippen LogP contribution in [0.15, 0.2) is 54.6 Å². The number of thiazole rings is 1. The summed E-state index contributed by atoms with van der Waals surface area (Å²) in [6, 6.07) is 18.6. The fourth-order valence-electron chi connectivity index (χ4n) is 3.80. The molecule has 0 aliphatic carbocycles. The standard InChI is InChI=1S/C22H19N3OS/c1-24-12-11-18-20(13-24)27-22-23-21(19(14-26)25(18)22)17-9-7-16(8-10-17)15-5-3-2-4-6-15/h2-10,14H,11-13H2,1H3. The molecule has 2 aromatic heterocycles. The molecule has 0 saturated carbocycles. The molecule has 0 radical (unpaired) electrons. The second kappa shape index (κ2) is 6.44. The monoisotopic (exact) mass is 373 g/mol. The summed E-state index contributed by atoms with van der Waals surface area (Å²) in [5.74, 6) is 0. The summed E-state index contributed by atoms with van der Waals surface area (Å²) in [5, 5.41) is 0. The highest BCUT2D eigenvalue weighted by atomic mass is 32.1. The molecule has 1 aliphatic rings. The average Bonchev–Trinajstić information content (AvgIpc) is 3.23. The van der Waals surface area contributed by atoms with E-state index in [2.05, 4.69) is 52.7 Å². The van der Waals surface area contributed by atoms with Crippen molar-refractivity contribution in [2.24, 2.45) is 0 Å². The molecule has 0 N–H and O–H groups in total. The lowest BCUT2D eigenvalue weighted by molar-refractivity contribution is 0.111. The van der Waals surface area contributed by atoms with Gasteiger partial charge in [-0.15, -0.1) is 0 Å². The molecule has 0 saturated heterocycles. The van der Waals surface area contributed by atoms with Crippen LogP contribution in [-0.2, 0) is 13.0 Å². The minimum atomic E-state index is 0.666. The SMILES string of the molecule is CN1CCc2c(sc3nc(-c4ccc(-c5ccccc5)cc4)c(C=O)n23)C1. The van der Waals surface area contributed by atoms with E-state index >= 15 is 0 Å². The van der Waals surface area contributed by atoms with Crippen LogP contribution < -0.4 is 0 Å². The largest absolute Gasteiger partial charge is 0.301 e. The number of rotatable bonds is 3. The second-order valence-corrected chi connectivity index (χ2v) is 8.05. The number of nitrogens with zero attached hydrogens (tertiary/aromatic N) is 3. The van der Waals surface area contributed by atoms with E-state index in [1.54, 1.807) is 11.3 Å². The molecule has 2 aromatic carbocycles. The zero-order valence-electron chi connectivity index (χ0n) is 15.1. The molecule has 4 nitrogen and oxygen atoms in total. The summed E-state index contributed by atoms with van der Waals surface area (Å²) < 4.78 is 2.07. The molecule has 27 heavy (non-hydrogen) atoms. The molecule has 0 fully saturated rings. The van der Waals surface area contributed by atoms with E-state index in [9.17, 15) is 4.79 Å². The number of hydrogen-bond donors (Lipinski definition) is 0. The van der Waals surface area contributed by atoms with Crippen LogP contribution in [-0.4, -0.2) is 34.2 Å². The van der Waals surface area contributed by atoms with Crippen molar-refractivity contribution >= 4 is 22.6 Å². The van der Waals surface area contributed by atoms with E-state index in [1.165, 1.54) is 16.1 Å². The third-order valence-corrected chi connectivity index (χ3v) is 6.28. The van der Waals surface area contributed by atoms with Crippen LogP contribution in [0.1, 0.15) is 21.1 Å². The van der Waals surface area contributed by atoms with Crippen LogP contribution in [0, 0.1) is 0 Å². The van der Waals surface area contributed by atoms with Crippen LogP contribution in [0.3, 0.4) is 0 Å². The van der Waals surface area contributed by atoms with Crippen LogP contribution >= 0.6 is 11.3 Å². The predicted molar refractivity (Wildman–Crippen MR) is 109 cm³/mol. The lowest BCUT2D eigenvalue weighted by Crippen LogP contribution is -2.26. The summed E-state index contributed by atoms with van der Waals surface area (Å²) in [5.41, 5.74) is 6.01. The van der Waals surface area contributed by atoms with Gasteiger partial charge in [0.05, 0.1) is 0 Å². The van der Waals surface area contributed by atoms with Crippen molar-refractivity contribution < 1.29 is 4.79 Å². The van der Waals surface area contributed by atoms with Gasteiger partial charge in [-0.2, -0.15) is 0 Å². The first-order valence-corrected chi connectivity index (χ1v) is 9.89. The van der Waals surface area contributed by atoms with Crippen LogP contribution in [0.2, 0.25) is 0 Å². The Morgan fingerprint density at radius 1 is 1.00 bits per heavy atom. The molecule has 1 aliphatic heterocycles. The number of likely N-dealkylation sites (N-methyl/N-ethyl adjacent to an activating group) is 1. The Hall–Kier alpha value is -2.76. The summed E-state index contributed by atoms with van der Waals surface area (Å²) in [6.07, 6.45) is 1.90. The summed E-state index contributed by atoms with van der Waals surface area (Å²) in [4.78, 5) is 21.3. The highest BCUT2D eigenvalue weighted by Gasteiger charge is 2.24. The summed E-state index contributed by atoms with van der Waals surface area (Å²) in [6.45, 7) is 1.94. The molecule has 5 rings (SSSR count). The van der Waals surface area contributed by atoms with Gasteiger partial charge in [0.25, 0.3) is 0 Å². The molecule has 0 amide bonds. The van der Waals surface area contributed by atoms with E-state index in [4.69, 9.17) is 4.98 Å². The first-order valence-electron chi connectivity index (χ1n) is 9.07. The number of carbonyl (C=O) groups is 1. The van der Waals surface area contributed by atoms with Gasteiger partial charge >= 0.3 is 0 Å². The Kier molecular flexibility index (Phi) is 3.92. The molecule has 0 unspecified atom stereocenters. The highest BCUT2D eigenvalue weighted by molar-refractivity contribution is 7.17. The highest BCUT2D eigenvalue weighted by Crippen LogP contribution is 2.34. The fraction of sp³-hybridized carbons (Fsp3) is 0.182. The number of aromatic nitrogens is 2. The summed E-state index contributed by atoms with van der Waals surface area (Å²) in [7, 11) is 2.13. The Balaban J connectivity index is 1.59. The normalized spacial score (nSPS) is 14.4. The van der Waals surface area contributed by atoms with Crippen molar-refractivity contribution in [3.05, 3.63) is 70.9 Å². The first-order chi connectivity index (χ1) is 13.2. The molecule has 134 valence electrons. The minimum Gasteiger partial charge on any atom is -0.301 e. The third kappa shape index (κ3) is 2.71. The lowest BCUT2D eigenvalue weighted by atomic mass is 10.0. The van der Waals surface area contributed by atoms with Gasteiger partial charge in [0, 0.05) is 35.6 Å². The van der Waals surface area contributed by atoms with Crippen molar-refractivity contribution in [2.45, 2.75) is 13.0 Å². The maximum absolute atomic E-state index is 11.9. The summed E-state index contributed by atoms with van der Waals surface area (Å²) >= 11 is 1.70. The molecule has 0 bridgehead atoms. The van der Waals surface area contributed by atoms with E-state index in [1.807, 2.05) is 18.2 Å². The number of hydrogen-bond acceptors (Lipinski definition) is 4. The fourth-order valence-corrected chi connectivity index (χ4v) is 5.06. The van der Waals surface area contributed by atoms with Gasteiger partial charge in [-0.25, -0.2) is 4.98 Å². The van der Waals surface area contributed by atoms with E-state index in [0.29, 0.717) is 5.69 Å². The Labute approximate surface area is 161 Å². The molecule has 3 heterocycles. The average molecular weight is 373 g/mol. The van der Waals surface area contributed by atoms with Gasteiger partial charge in [0.2, 0.25) is 0 Å². The zero-order chi connectivity index (χ0) is 18.4. The topological polar surface area (TPSA) is 37.6 Å². The molecule has 0 spiro atoms. The van der Waals surface area contributed by atoms with Crippen LogP contribution in [0.5, 0.6) is 0 Å². The second-order valence-electron chi connectivity index (χ2n) is 6.98. The van der Waals surface area contributed by atoms with Crippen molar-refractivity contribution in [1.29, 1.82) is 0 Å². The van der Waals surface area contributed by atoms with Gasteiger partial charge in [0.15, 0.2) is 11.2 Å². The molecular weight excluding hydrogens is 354 g/mol. The molecule has 4 aromatic rings. The minimum absolute atomic E-state index is 0.666. The van der Waals surface area contributed by atoms with Gasteiger partial charge in [-0.05, 0) is 18.2 Å². The number of carbonyl (C=O) groups excluding carboxylic acids is 1. The Morgan fingerprint density at radius 3 is 2.44 bits per heavy atom. The number of fused-ring (bicyclic) bond motifs is 3. The van der Waals surface area contributed by atoms with Crippen molar-refractivity contribution in [3.63, 3.8) is 0 Å². The smallest absolute Gasteiger partial charge is 0.195 e. The van der Waals surface area contributed by atoms with E-state index in [-0.39, 0.29) is 0 Å². The van der Waals surface area contributed by atoms with E-state index in [0.717, 1.165) is 47.6 Å². The number of aldehydes is 1. The van der Waals surface area contributed by atoms with Gasteiger partial charge < -0.3 is 4.90 Å². The van der Waals surface area contributed by atoms with Gasteiger partial charge in [-0.1, -0.05) is 65.9 Å². The van der Waals surface area contributed by atoms with Crippen molar-refractivity contribution in [2.75, 3.05) is 13.6 Å². The Morgan fingerprint density at radius 2 is 1.70 bits per heavy atom. The third-order valence-electron chi connectivity index (χ3n) is 5.21. The van der Waals surface area contributed by atoms with Crippen molar-refractivity contribution in [1.82, 2.24) is 14.3 Å². The zero-order valence-corrected chi connectivity index (χ0v) is 15.9. The van der Waals surface area contributed by atoms with Gasteiger partial charge in [0.1, 0.15) is 11.4 Å². The van der Waals surface area contributed by atoms with Crippen molar-refractivity contribution in [3.8, 4) is 22.4 Å². The maximum Gasteiger partial charge on any atom is 0.195 e. The maximum atomic E-state index is 11.9. The van der Waals surface area contributed by atoms with Crippen LogP contribution in [0.4, 0.5) is 0 Å².